The molecule has 5 nitrogen and oxygen atoms in total. The Balaban J connectivity index is 2.61. The third kappa shape index (κ3) is 4.61. The molecule has 20 heavy (non-hydrogen) atoms. The summed E-state index contributed by atoms with van der Waals surface area (Å²) in [5, 5.41) is 9.01. The van der Waals surface area contributed by atoms with Gasteiger partial charge in [-0.3, -0.25) is 0 Å². The molecule has 1 aliphatic rings. The van der Waals surface area contributed by atoms with E-state index in [9.17, 15) is 4.79 Å². The highest BCUT2D eigenvalue weighted by Crippen LogP contribution is 2.12. The molecule has 0 saturated carbocycles. The number of rotatable bonds is 6. The number of nitriles is 1. The van der Waals surface area contributed by atoms with Crippen LogP contribution in [0.1, 0.15) is 26.7 Å². The van der Waals surface area contributed by atoms with E-state index in [4.69, 9.17) is 14.7 Å². The Bertz CT molecular complexity index is 431. The van der Waals surface area contributed by atoms with Crippen molar-refractivity contribution in [1.29, 1.82) is 5.26 Å². The summed E-state index contributed by atoms with van der Waals surface area (Å²) in [4.78, 5) is 13.7. The molecule has 1 rings (SSSR count). The molecule has 1 fully saturated rings. The zero-order valence-electron chi connectivity index (χ0n) is 12.4. The second-order valence-corrected chi connectivity index (χ2v) is 4.75. The van der Waals surface area contributed by atoms with Crippen molar-refractivity contribution >= 4 is 5.97 Å². The molecule has 0 bridgehead atoms. The van der Waals surface area contributed by atoms with Crippen LogP contribution in [0, 0.1) is 17.2 Å². The van der Waals surface area contributed by atoms with Crippen molar-refractivity contribution in [2.24, 2.45) is 5.92 Å². The topological polar surface area (TPSA) is 62.6 Å². The second kappa shape index (κ2) is 8.26. The van der Waals surface area contributed by atoms with E-state index in [2.05, 4.69) is 13.8 Å². The first-order valence-corrected chi connectivity index (χ1v) is 6.95. The number of hydrogen-bond acceptors (Lipinski definition) is 5. The minimum absolute atomic E-state index is 0.00708. The molecule has 0 N–H and O–H groups in total. The highest BCUT2D eigenvalue weighted by atomic mass is 16.5. The van der Waals surface area contributed by atoms with Gasteiger partial charge in [-0.1, -0.05) is 26.7 Å². The lowest BCUT2D eigenvalue weighted by molar-refractivity contribution is -0.139. The third-order valence-electron chi connectivity index (χ3n) is 3.39. The number of carbonyl (C=O) groups excluding carboxylic acids is 1. The van der Waals surface area contributed by atoms with Crippen LogP contribution in [0.3, 0.4) is 0 Å². The first-order chi connectivity index (χ1) is 9.62. The van der Waals surface area contributed by atoms with Gasteiger partial charge in [-0.15, -0.1) is 0 Å². The summed E-state index contributed by atoms with van der Waals surface area (Å²) in [6.07, 6.45) is 4.99. The Kier molecular flexibility index (Phi) is 6.65. The Morgan fingerprint density at radius 3 is 2.75 bits per heavy atom. The van der Waals surface area contributed by atoms with Gasteiger partial charge in [0, 0.05) is 7.05 Å². The van der Waals surface area contributed by atoms with Crippen LogP contribution in [0.15, 0.2) is 23.6 Å². The number of allylic oxidation sites excluding steroid dienone is 2. The van der Waals surface area contributed by atoms with E-state index in [1.54, 1.807) is 6.08 Å². The molecule has 0 aromatic carbocycles. The molecule has 0 atom stereocenters. The number of nitrogens with zero attached hydrogens (tertiary/aromatic N) is 2. The lowest BCUT2D eigenvalue weighted by atomic mass is 10.1. The summed E-state index contributed by atoms with van der Waals surface area (Å²) < 4.78 is 10.5. The van der Waals surface area contributed by atoms with E-state index in [1.807, 2.05) is 18.0 Å². The zero-order chi connectivity index (χ0) is 15.0. The maximum Gasteiger partial charge on any atom is 0.348 e. The van der Waals surface area contributed by atoms with E-state index in [0.29, 0.717) is 25.0 Å². The van der Waals surface area contributed by atoms with Crippen LogP contribution in [0.4, 0.5) is 0 Å². The average Bonchev–Trinajstić information content (AvgIpc) is 2.86. The van der Waals surface area contributed by atoms with Gasteiger partial charge in [-0.2, -0.15) is 5.26 Å². The van der Waals surface area contributed by atoms with Crippen molar-refractivity contribution in [2.75, 3.05) is 26.8 Å². The predicted octanol–water partition coefficient (Wildman–Crippen LogP) is 2.22. The average molecular weight is 278 g/mol. The number of carbonyl (C=O) groups is 1. The predicted molar refractivity (Wildman–Crippen MR) is 75.4 cm³/mol. The molecular formula is C15H22N2O3. The summed E-state index contributed by atoms with van der Waals surface area (Å²) in [5.74, 6) is 0.434. The van der Waals surface area contributed by atoms with E-state index in [0.717, 1.165) is 19.4 Å². The lowest BCUT2D eigenvalue weighted by Gasteiger charge is -2.12. The van der Waals surface area contributed by atoms with Crippen LogP contribution < -0.4 is 0 Å². The Hall–Kier alpha value is -1.96. The van der Waals surface area contributed by atoms with Gasteiger partial charge >= 0.3 is 5.97 Å². The Morgan fingerprint density at radius 1 is 1.55 bits per heavy atom. The summed E-state index contributed by atoms with van der Waals surface area (Å²) in [7, 11) is 1.89. The van der Waals surface area contributed by atoms with Gasteiger partial charge in [0.25, 0.3) is 0 Å². The minimum atomic E-state index is -0.572. The molecule has 0 radical (unpaired) electrons. The van der Waals surface area contributed by atoms with Crippen molar-refractivity contribution < 1.29 is 14.3 Å². The second-order valence-electron chi connectivity index (χ2n) is 4.75. The maximum absolute atomic E-state index is 11.8. The van der Waals surface area contributed by atoms with Gasteiger partial charge in [-0.05, 0) is 18.1 Å². The minimum Gasteiger partial charge on any atom is -0.477 e. The first-order valence-electron chi connectivity index (χ1n) is 6.95. The first kappa shape index (κ1) is 16.1. The van der Waals surface area contributed by atoms with Gasteiger partial charge in [0.2, 0.25) is 0 Å². The Labute approximate surface area is 120 Å². The zero-order valence-corrected chi connectivity index (χ0v) is 12.4. The lowest BCUT2D eigenvalue weighted by Crippen LogP contribution is -2.14. The largest absolute Gasteiger partial charge is 0.477 e. The van der Waals surface area contributed by atoms with E-state index in [-0.39, 0.29) is 5.57 Å². The normalized spacial score (nSPS) is 17.2. The SMILES string of the molecule is CCC(CC)COC(=O)/C(C#N)=C/C=C1/OCCN1C. The van der Waals surface area contributed by atoms with E-state index >= 15 is 0 Å². The number of likely N-dealkylation sites (N-methyl/N-ethyl adjacent to an activating group) is 1. The smallest absolute Gasteiger partial charge is 0.348 e. The molecule has 0 spiro atoms. The van der Waals surface area contributed by atoms with E-state index < -0.39 is 5.97 Å². The van der Waals surface area contributed by atoms with Crippen LogP contribution in [-0.2, 0) is 14.3 Å². The highest BCUT2D eigenvalue weighted by Gasteiger charge is 2.15. The molecule has 1 heterocycles. The quantitative estimate of drug-likeness (QED) is 0.423. The molecule has 1 saturated heterocycles. The fraction of sp³-hybridized carbons (Fsp3) is 0.600. The van der Waals surface area contributed by atoms with Crippen LogP contribution in [0.5, 0.6) is 0 Å². The van der Waals surface area contributed by atoms with Gasteiger partial charge in [0.15, 0.2) is 5.88 Å². The van der Waals surface area contributed by atoms with Crippen LogP contribution in [0.2, 0.25) is 0 Å². The molecule has 1 aliphatic heterocycles. The summed E-state index contributed by atoms with van der Waals surface area (Å²) in [6.45, 7) is 5.90. The van der Waals surface area contributed by atoms with Crippen molar-refractivity contribution in [3.8, 4) is 6.07 Å². The molecule has 0 aromatic heterocycles. The summed E-state index contributed by atoms with van der Waals surface area (Å²) >= 11 is 0. The van der Waals surface area contributed by atoms with Crippen molar-refractivity contribution in [2.45, 2.75) is 26.7 Å². The number of esters is 1. The fourth-order valence-corrected chi connectivity index (χ4v) is 1.78. The highest BCUT2D eigenvalue weighted by molar-refractivity contribution is 5.93. The molecule has 0 amide bonds. The standard InChI is InChI=1S/C15H22N2O3/c1-4-12(5-2)11-20-15(18)13(10-16)6-7-14-17(3)8-9-19-14/h6-7,12H,4-5,8-9,11H2,1-3H3/b13-6+,14-7+. The molecule has 0 aliphatic carbocycles. The van der Waals surface area contributed by atoms with Crippen molar-refractivity contribution in [3.63, 3.8) is 0 Å². The van der Waals surface area contributed by atoms with Gasteiger partial charge in [0.05, 0.1) is 13.2 Å². The van der Waals surface area contributed by atoms with Gasteiger partial charge in [0.1, 0.15) is 18.2 Å². The van der Waals surface area contributed by atoms with E-state index in [1.165, 1.54) is 6.08 Å². The molecule has 0 unspecified atom stereocenters. The maximum atomic E-state index is 11.8. The Morgan fingerprint density at radius 2 is 2.25 bits per heavy atom. The van der Waals surface area contributed by atoms with Gasteiger partial charge < -0.3 is 14.4 Å². The molecule has 5 heteroatoms. The number of hydrogen-bond donors (Lipinski definition) is 0. The fourth-order valence-electron chi connectivity index (χ4n) is 1.78. The third-order valence-corrected chi connectivity index (χ3v) is 3.39. The number of ether oxygens (including phenoxy) is 2. The summed E-state index contributed by atoms with van der Waals surface area (Å²) in [6, 6.07) is 1.87. The summed E-state index contributed by atoms with van der Waals surface area (Å²) in [5.41, 5.74) is -0.00708. The monoisotopic (exact) mass is 278 g/mol. The van der Waals surface area contributed by atoms with Crippen LogP contribution in [-0.4, -0.2) is 37.7 Å². The van der Waals surface area contributed by atoms with Crippen LogP contribution >= 0.6 is 0 Å². The molecule has 0 aromatic rings. The molecule has 110 valence electrons. The van der Waals surface area contributed by atoms with Crippen molar-refractivity contribution in [3.05, 3.63) is 23.6 Å². The van der Waals surface area contributed by atoms with Gasteiger partial charge in [-0.25, -0.2) is 4.79 Å². The molecular weight excluding hydrogens is 256 g/mol. The van der Waals surface area contributed by atoms with Crippen LogP contribution in [0.25, 0.3) is 0 Å². The van der Waals surface area contributed by atoms with Crippen molar-refractivity contribution in [1.82, 2.24) is 4.90 Å².